The van der Waals surface area contributed by atoms with Crippen LogP contribution in [-0.4, -0.2) is 112 Å². The van der Waals surface area contributed by atoms with E-state index in [0.29, 0.717) is 31.6 Å². The van der Waals surface area contributed by atoms with Gasteiger partial charge in [-0.2, -0.15) is 0 Å². The fourth-order valence-electron chi connectivity index (χ4n) is 6.83. The van der Waals surface area contributed by atoms with Crippen molar-refractivity contribution in [3.8, 4) is 5.75 Å². The maximum Gasteiger partial charge on any atom is 0.320 e. The second-order valence-electron chi connectivity index (χ2n) is 15.7. The van der Waals surface area contributed by atoms with Crippen molar-refractivity contribution in [1.29, 1.82) is 0 Å². The molecule has 1 aliphatic carbocycles. The van der Waals surface area contributed by atoms with Crippen LogP contribution in [0.1, 0.15) is 92.9 Å². The van der Waals surface area contributed by atoms with E-state index < -0.39 is 6.03 Å². The Morgan fingerprint density at radius 2 is 1.67 bits per heavy atom. The van der Waals surface area contributed by atoms with Gasteiger partial charge in [-0.25, -0.2) is 14.8 Å². The van der Waals surface area contributed by atoms with Gasteiger partial charge in [0.2, 0.25) is 5.82 Å². The third-order valence-electron chi connectivity index (χ3n) is 10.0. The van der Waals surface area contributed by atoms with Gasteiger partial charge in [-0.1, -0.05) is 45.0 Å². The van der Waals surface area contributed by atoms with E-state index in [1.54, 1.807) is 6.07 Å². The van der Waals surface area contributed by atoms with Crippen LogP contribution in [0.5, 0.6) is 5.75 Å². The average Bonchev–Trinajstić information content (AvgIpc) is 3.53. The quantitative estimate of drug-likeness (QED) is 0.217. The van der Waals surface area contributed by atoms with Crippen LogP contribution in [0.25, 0.3) is 5.65 Å². The molecule has 4 heterocycles. The summed E-state index contributed by atoms with van der Waals surface area (Å²) in [6.45, 7) is 15.5. The van der Waals surface area contributed by atoms with E-state index in [4.69, 9.17) is 4.74 Å². The molecule has 3 amide bonds. The summed E-state index contributed by atoms with van der Waals surface area (Å²) in [6.07, 6.45) is 3.15. The second-order valence-corrected chi connectivity index (χ2v) is 15.7. The molecule has 14 nitrogen and oxygen atoms in total. The van der Waals surface area contributed by atoms with Gasteiger partial charge in [-0.15, -0.1) is 10.2 Å². The van der Waals surface area contributed by atoms with Gasteiger partial charge in [0.05, 0.1) is 23.5 Å². The smallest absolute Gasteiger partial charge is 0.320 e. The number of nitrogens with zero attached hydrogens (tertiary/aromatic N) is 8. The molecule has 2 atom stereocenters. The third-order valence-corrected chi connectivity index (χ3v) is 10.0. The van der Waals surface area contributed by atoms with E-state index in [9.17, 15) is 9.59 Å². The number of fused-ring (bicyclic) bond motifs is 2. The predicted molar refractivity (Wildman–Crippen MR) is 201 cm³/mol. The highest BCUT2D eigenvalue weighted by Crippen LogP contribution is 2.39. The number of rotatable bonds is 10. The number of piperazine rings is 1. The lowest BCUT2D eigenvalue weighted by Gasteiger charge is -2.42. The van der Waals surface area contributed by atoms with Crippen molar-refractivity contribution in [2.45, 2.75) is 70.6 Å². The Balaban J connectivity index is 1.16. The number of aromatic nitrogens is 5. The molecule has 0 saturated carbocycles. The number of urea groups is 1. The van der Waals surface area contributed by atoms with Crippen LogP contribution in [-0.2, 0) is 11.0 Å². The highest BCUT2D eigenvalue weighted by Gasteiger charge is 2.35. The number of pyridine rings is 1. The zero-order valence-electron chi connectivity index (χ0n) is 31.7. The fraction of sp³-hybridized carbons (Fsp3) is 0.526. The maximum absolute atomic E-state index is 13.5. The fourth-order valence-corrected chi connectivity index (χ4v) is 6.83. The van der Waals surface area contributed by atoms with Crippen molar-refractivity contribution >= 4 is 23.4 Å². The zero-order valence-corrected chi connectivity index (χ0v) is 31.7. The highest BCUT2D eigenvalue weighted by molar-refractivity contribution is 5.92. The molecule has 0 bridgehead atoms. The average molecular weight is 712 g/mol. The first kappa shape index (κ1) is 37.1. The van der Waals surface area contributed by atoms with Gasteiger partial charge >= 0.3 is 6.03 Å². The van der Waals surface area contributed by atoms with E-state index in [1.807, 2.05) is 80.7 Å². The van der Waals surface area contributed by atoms with Gasteiger partial charge < -0.3 is 25.2 Å². The highest BCUT2D eigenvalue weighted by atomic mass is 16.5. The Bertz CT molecular complexity index is 1890. The van der Waals surface area contributed by atoms with Crippen molar-refractivity contribution in [3.63, 3.8) is 0 Å². The number of ether oxygens (including phenoxy) is 1. The molecule has 6 rings (SSSR count). The van der Waals surface area contributed by atoms with Gasteiger partial charge in [0.1, 0.15) is 17.7 Å². The number of carbonyl (C=O) groups excluding carboxylic acids is 2. The molecule has 2 aliphatic rings. The topological polar surface area (TPSA) is 145 Å². The number of anilines is 1. The molecule has 0 unspecified atom stereocenters. The second kappa shape index (κ2) is 15.1. The Labute approximate surface area is 306 Å². The molecule has 4 aromatic rings. The lowest BCUT2D eigenvalue weighted by molar-refractivity contribution is 0.0544. The predicted octanol–water partition coefficient (Wildman–Crippen LogP) is 4.37. The first-order valence-electron chi connectivity index (χ1n) is 18.1. The molecule has 278 valence electrons. The summed E-state index contributed by atoms with van der Waals surface area (Å²) in [5, 5.41) is 18.0. The van der Waals surface area contributed by atoms with Crippen LogP contribution in [0.4, 0.5) is 10.6 Å². The molecule has 3 N–H and O–H groups in total. The molecular formula is C38H53N11O3. The van der Waals surface area contributed by atoms with Gasteiger partial charge in [0.15, 0.2) is 11.5 Å². The Morgan fingerprint density at radius 1 is 0.942 bits per heavy atom. The van der Waals surface area contributed by atoms with Crippen molar-refractivity contribution in [3.05, 3.63) is 77.1 Å². The molecule has 1 aromatic carbocycles. The van der Waals surface area contributed by atoms with Gasteiger partial charge in [-0.3, -0.25) is 19.4 Å². The summed E-state index contributed by atoms with van der Waals surface area (Å²) in [7, 11) is 6.03. The molecule has 1 saturated heterocycles. The number of amides is 3. The summed E-state index contributed by atoms with van der Waals surface area (Å²) in [4.78, 5) is 42.1. The first-order valence-corrected chi connectivity index (χ1v) is 18.1. The van der Waals surface area contributed by atoms with Crippen LogP contribution < -0.4 is 20.7 Å². The Hall–Kier alpha value is -4.66. The Morgan fingerprint density at radius 3 is 2.38 bits per heavy atom. The molecule has 52 heavy (non-hydrogen) atoms. The maximum atomic E-state index is 13.5. The largest absolute Gasteiger partial charge is 0.484 e. The monoisotopic (exact) mass is 711 g/mol. The number of hydrogen-bond acceptors (Lipinski definition) is 10. The van der Waals surface area contributed by atoms with E-state index in [0.717, 1.165) is 54.5 Å². The van der Waals surface area contributed by atoms with Crippen molar-refractivity contribution in [2.75, 3.05) is 65.7 Å². The van der Waals surface area contributed by atoms with E-state index in [1.165, 1.54) is 0 Å². The SMILES string of the molecule is CN(C)CCNC(=O)c1nc(NC(=O)N[C@H]2CC[C@@H](Oc3ccc4nnc(C(C)(C)N5CCN(C)CC5)n4c3)c3ccccc32)cc(C(C)(C)C)n1. The Kier molecular flexibility index (Phi) is 10.8. The standard InChI is InChI=1S/C38H53N11O3/c1-37(2,3)30-23-31(42-33(41-30)34(50)39-17-18-46(6)7)43-36(51)40-28-14-15-29(27-12-10-9-11-26(27)28)52-25-13-16-32-44-45-35(49(32)24-25)38(4,5)48-21-19-47(8)20-22-48/h9-13,16,23-24,28-29H,14-15,17-22H2,1-8H3,(H,39,50)(H2,40,41,42,43,51)/t28-,29+/m0/s1. The molecule has 1 fully saturated rings. The van der Waals surface area contributed by atoms with Crippen LogP contribution >= 0.6 is 0 Å². The van der Waals surface area contributed by atoms with Gasteiger partial charge in [0, 0.05) is 50.7 Å². The minimum absolute atomic E-state index is 0.0177. The number of hydrogen-bond donors (Lipinski definition) is 3. The van der Waals surface area contributed by atoms with Crippen molar-refractivity contribution in [1.82, 2.24) is 49.9 Å². The normalized spacial score (nSPS) is 18.6. The molecule has 0 spiro atoms. The van der Waals surface area contributed by atoms with Gasteiger partial charge in [-0.05, 0) is 71.1 Å². The molecule has 14 heteroatoms. The number of carbonyl (C=O) groups is 2. The minimum Gasteiger partial charge on any atom is -0.484 e. The third kappa shape index (κ3) is 8.35. The molecular weight excluding hydrogens is 658 g/mol. The summed E-state index contributed by atoms with van der Waals surface area (Å²) in [5.41, 5.74) is 2.77. The zero-order chi connectivity index (χ0) is 37.2. The molecule has 3 aromatic heterocycles. The van der Waals surface area contributed by atoms with Crippen LogP contribution in [0, 0.1) is 0 Å². The summed E-state index contributed by atoms with van der Waals surface area (Å²) < 4.78 is 8.72. The van der Waals surface area contributed by atoms with Crippen LogP contribution in [0.2, 0.25) is 0 Å². The summed E-state index contributed by atoms with van der Waals surface area (Å²) >= 11 is 0. The van der Waals surface area contributed by atoms with Crippen LogP contribution in [0.15, 0.2) is 48.7 Å². The first-order chi connectivity index (χ1) is 24.7. The van der Waals surface area contributed by atoms with Crippen LogP contribution in [0.3, 0.4) is 0 Å². The lowest BCUT2D eigenvalue weighted by atomic mass is 9.85. The summed E-state index contributed by atoms with van der Waals surface area (Å²) in [5.74, 6) is 1.50. The van der Waals surface area contributed by atoms with Crippen molar-refractivity contribution in [2.24, 2.45) is 0 Å². The minimum atomic E-state index is -0.412. The van der Waals surface area contributed by atoms with E-state index in [2.05, 4.69) is 72.9 Å². The number of likely N-dealkylation sites (N-methyl/N-ethyl adjacent to an activating group) is 2. The van der Waals surface area contributed by atoms with Gasteiger partial charge in [0.25, 0.3) is 5.91 Å². The molecule has 1 aliphatic heterocycles. The van der Waals surface area contributed by atoms with Crippen molar-refractivity contribution < 1.29 is 14.3 Å². The number of nitrogens with one attached hydrogen (secondary N) is 3. The lowest BCUT2D eigenvalue weighted by Crippen LogP contribution is -2.52. The summed E-state index contributed by atoms with van der Waals surface area (Å²) in [6, 6.07) is 13.0. The molecule has 0 radical (unpaired) electrons. The van der Waals surface area contributed by atoms with E-state index in [-0.39, 0.29) is 40.6 Å². The van der Waals surface area contributed by atoms with E-state index >= 15 is 0 Å². The number of benzene rings is 1.